The molecule has 28 heavy (non-hydrogen) atoms. The van der Waals surface area contributed by atoms with E-state index in [9.17, 15) is 18.4 Å². The van der Waals surface area contributed by atoms with E-state index in [0.717, 1.165) is 12.1 Å². The van der Waals surface area contributed by atoms with Crippen LogP contribution in [0.3, 0.4) is 0 Å². The van der Waals surface area contributed by atoms with Crippen LogP contribution < -0.4 is 10.2 Å². The molecule has 1 N–H and O–H groups in total. The van der Waals surface area contributed by atoms with Crippen molar-refractivity contribution < 1.29 is 18.4 Å². The van der Waals surface area contributed by atoms with Gasteiger partial charge in [-0.3, -0.25) is 9.59 Å². The molecule has 1 aromatic heterocycles. The van der Waals surface area contributed by atoms with Crippen molar-refractivity contribution in [3.05, 3.63) is 71.4 Å². The minimum Gasteiger partial charge on any atom is -0.314 e. The molecule has 1 unspecified atom stereocenters. The minimum atomic E-state index is -1.22. The average Bonchev–Trinajstić information content (AvgIpc) is 3.17. The van der Waals surface area contributed by atoms with Gasteiger partial charge in [-0.05, 0) is 23.8 Å². The molecule has 2 amide bonds. The van der Waals surface area contributed by atoms with Crippen LogP contribution in [-0.4, -0.2) is 28.6 Å². The van der Waals surface area contributed by atoms with Crippen molar-refractivity contribution in [2.24, 2.45) is 0 Å². The lowest BCUT2D eigenvalue weighted by Gasteiger charge is -2.32. The van der Waals surface area contributed by atoms with E-state index in [4.69, 9.17) is 0 Å². The zero-order valence-electron chi connectivity index (χ0n) is 14.7. The molecular formula is C20H14F2N4O2. The van der Waals surface area contributed by atoms with E-state index in [0.29, 0.717) is 16.8 Å². The molecule has 2 aromatic carbocycles. The first kappa shape index (κ1) is 16.6. The van der Waals surface area contributed by atoms with E-state index in [1.807, 2.05) is 24.3 Å². The Kier molecular flexibility index (Phi) is 3.25. The number of fused-ring (bicyclic) bond motifs is 4. The number of anilines is 2. The first-order valence-electron chi connectivity index (χ1n) is 8.65. The highest BCUT2D eigenvalue weighted by Crippen LogP contribution is 2.51. The summed E-state index contributed by atoms with van der Waals surface area (Å²) < 4.78 is 28.8. The summed E-state index contributed by atoms with van der Waals surface area (Å²) in [6.45, 7) is 0. The molecule has 0 aliphatic carbocycles. The lowest BCUT2D eigenvalue weighted by molar-refractivity contribution is -0.126. The van der Waals surface area contributed by atoms with Crippen LogP contribution in [0, 0.1) is 11.6 Å². The van der Waals surface area contributed by atoms with Gasteiger partial charge in [0, 0.05) is 30.8 Å². The summed E-state index contributed by atoms with van der Waals surface area (Å²) in [5, 5.41) is 6.91. The van der Waals surface area contributed by atoms with Gasteiger partial charge in [0.25, 0.3) is 0 Å². The molecule has 3 aromatic rings. The van der Waals surface area contributed by atoms with Crippen LogP contribution in [0.4, 0.5) is 20.3 Å². The normalized spacial score (nSPS) is 20.3. The lowest BCUT2D eigenvalue weighted by atomic mass is 9.72. The van der Waals surface area contributed by atoms with Crippen LogP contribution >= 0.6 is 0 Å². The molecule has 0 saturated heterocycles. The Balaban J connectivity index is 1.78. The van der Waals surface area contributed by atoms with Crippen molar-refractivity contribution >= 4 is 23.3 Å². The Bertz CT molecular complexity index is 1170. The van der Waals surface area contributed by atoms with E-state index in [-0.39, 0.29) is 29.7 Å². The molecule has 6 nitrogen and oxygen atoms in total. The van der Waals surface area contributed by atoms with Gasteiger partial charge in [0.1, 0.15) is 22.7 Å². The number of rotatable bonds is 1. The second kappa shape index (κ2) is 5.48. The third-order valence-electron chi connectivity index (χ3n) is 5.45. The molecule has 0 bridgehead atoms. The Labute approximate surface area is 158 Å². The second-order valence-electron chi connectivity index (χ2n) is 6.93. The maximum Gasteiger partial charge on any atom is 0.242 e. The van der Waals surface area contributed by atoms with Gasteiger partial charge in [-0.25, -0.2) is 13.5 Å². The topological polar surface area (TPSA) is 67.2 Å². The number of carbonyl (C=O) groups is 2. The molecule has 1 spiro atoms. The Morgan fingerprint density at radius 2 is 1.86 bits per heavy atom. The number of halogens is 2. The molecule has 140 valence electrons. The third kappa shape index (κ3) is 1.97. The molecule has 8 heteroatoms. The third-order valence-corrected chi connectivity index (χ3v) is 5.45. The molecule has 0 fully saturated rings. The molecule has 2 aliphatic heterocycles. The minimum absolute atomic E-state index is 0.0212. The standard InChI is InChI=1S/C20H14F2N4O2/c1-25-15-5-3-2-4-12(15)20(19(25)28)9-17(27)24-18-13(20)10-23-26(18)16-7-6-11(21)8-14(16)22/h2-8,10H,9H2,1H3,(H,24,27). The van der Waals surface area contributed by atoms with Crippen LogP contribution in [0.5, 0.6) is 0 Å². The number of carbonyl (C=O) groups excluding carboxylic acids is 2. The fourth-order valence-electron chi connectivity index (χ4n) is 4.20. The molecule has 0 radical (unpaired) electrons. The zero-order valence-corrected chi connectivity index (χ0v) is 14.7. The smallest absolute Gasteiger partial charge is 0.242 e. The summed E-state index contributed by atoms with van der Waals surface area (Å²) in [5.41, 5.74) is 0.661. The predicted molar refractivity (Wildman–Crippen MR) is 97.4 cm³/mol. The monoisotopic (exact) mass is 380 g/mol. The predicted octanol–water partition coefficient (Wildman–Crippen LogP) is 2.76. The van der Waals surface area contributed by atoms with E-state index in [2.05, 4.69) is 10.4 Å². The number of benzene rings is 2. The Morgan fingerprint density at radius 1 is 1.07 bits per heavy atom. The number of para-hydroxylation sites is 1. The maximum atomic E-state index is 14.3. The molecule has 5 rings (SSSR count). The molecule has 2 aliphatic rings. The molecule has 0 saturated carbocycles. The highest BCUT2D eigenvalue weighted by atomic mass is 19.1. The molecule has 3 heterocycles. The number of likely N-dealkylation sites (N-methyl/N-ethyl adjacent to an activating group) is 1. The number of nitrogens with zero attached hydrogens (tertiary/aromatic N) is 3. The van der Waals surface area contributed by atoms with E-state index in [1.165, 1.54) is 21.8 Å². The van der Waals surface area contributed by atoms with Crippen molar-refractivity contribution in [3.63, 3.8) is 0 Å². The highest BCUT2D eigenvalue weighted by Gasteiger charge is 2.56. The van der Waals surface area contributed by atoms with Gasteiger partial charge in [0.15, 0.2) is 5.82 Å². The van der Waals surface area contributed by atoms with E-state index in [1.54, 1.807) is 7.05 Å². The summed E-state index contributed by atoms with van der Waals surface area (Å²) in [6, 6.07) is 10.4. The summed E-state index contributed by atoms with van der Waals surface area (Å²) in [4.78, 5) is 27.4. The van der Waals surface area contributed by atoms with Gasteiger partial charge in [0.05, 0.1) is 6.20 Å². The van der Waals surface area contributed by atoms with E-state index >= 15 is 0 Å². The fraction of sp³-hybridized carbons (Fsp3) is 0.150. The summed E-state index contributed by atoms with van der Waals surface area (Å²) in [6.07, 6.45) is 1.39. The lowest BCUT2D eigenvalue weighted by Crippen LogP contribution is -2.45. The number of hydrogen-bond donors (Lipinski definition) is 1. The van der Waals surface area contributed by atoms with Gasteiger partial charge in [-0.1, -0.05) is 18.2 Å². The van der Waals surface area contributed by atoms with Crippen LogP contribution in [0.25, 0.3) is 5.69 Å². The number of aromatic nitrogens is 2. The van der Waals surface area contributed by atoms with Crippen LogP contribution in [0.1, 0.15) is 17.5 Å². The number of nitrogens with one attached hydrogen (secondary N) is 1. The van der Waals surface area contributed by atoms with Crippen molar-refractivity contribution in [1.29, 1.82) is 0 Å². The van der Waals surface area contributed by atoms with Gasteiger partial charge >= 0.3 is 0 Å². The van der Waals surface area contributed by atoms with Crippen molar-refractivity contribution in [2.75, 3.05) is 17.3 Å². The van der Waals surface area contributed by atoms with Crippen molar-refractivity contribution in [2.45, 2.75) is 11.8 Å². The Hall–Kier alpha value is -3.55. The summed E-state index contributed by atoms with van der Waals surface area (Å²) in [5.74, 6) is -1.96. The van der Waals surface area contributed by atoms with E-state index < -0.39 is 17.0 Å². The van der Waals surface area contributed by atoms with Crippen LogP contribution in [0.15, 0.2) is 48.7 Å². The van der Waals surface area contributed by atoms with Gasteiger partial charge < -0.3 is 10.2 Å². The second-order valence-corrected chi connectivity index (χ2v) is 6.93. The van der Waals surface area contributed by atoms with Crippen molar-refractivity contribution in [3.8, 4) is 5.69 Å². The molecular weight excluding hydrogens is 366 g/mol. The quantitative estimate of drug-likeness (QED) is 0.706. The largest absolute Gasteiger partial charge is 0.314 e. The fourth-order valence-corrected chi connectivity index (χ4v) is 4.20. The van der Waals surface area contributed by atoms with Crippen LogP contribution in [0.2, 0.25) is 0 Å². The van der Waals surface area contributed by atoms with Gasteiger partial charge in [-0.15, -0.1) is 0 Å². The maximum absolute atomic E-state index is 14.3. The van der Waals surface area contributed by atoms with Gasteiger partial charge in [0.2, 0.25) is 11.8 Å². The van der Waals surface area contributed by atoms with Crippen LogP contribution in [-0.2, 0) is 15.0 Å². The number of amides is 2. The first-order valence-corrected chi connectivity index (χ1v) is 8.65. The SMILES string of the molecule is CN1C(=O)C2(CC(=O)Nc3c2cnn3-c2ccc(F)cc2F)c2ccccc21. The zero-order chi connectivity index (χ0) is 19.6. The summed E-state index contributed by atoms with van der Waals surface area (Å²) >= 11 is 0. The van der Waals surface area contributed by atoms with Crippen molar-refractivity contribution in [1.82, 2.24) is 9.78 Å². The first-order chi connectivity index (χ1) is 13.4. The summed E-state index contributed by atoms with van der Waals surface area (Å²) in [7, 11) is 1.66. The highest BCUT2D eigenvalue weighted by molar-refractivity contribution is 6.15. The van der Waals surface area contributed by atoms with Gasteiger partial charge in [-0.2, -0.15) is 5.10 Å². The average molecular weight is 380 g/mol. The Morgan fingerprint density at radius 3 is 2.64 bits per heavy atom. The molecule has 1 atom stereocenters. The number of hydrogen-bond acceptors (Lipinski definition) is 3.